The fourth-order valence-electron chi connectivity index (χ4n) is 4.50. The molecule has 1 saturated heterocycles. The lowest BCUT2D eigenvalue weighted by Gasteiger charge is -2.29. The summed E-state index contributed by atoms with van der Waals surface area (Å²) in [6.45, 7) is 4.07. The van der Waals surface area contributed by atoms with Crippen molar-refractivity contribution in [2.45, 2.75) is 69.8 Å². The maximum atomic E-state index is 13.7. The van der Waals surface area contributed by atoms with E-state index in [1.165, 1.54) is 0 Å². The Bertz CT molecular complexity index is 880. The van der Waals surface area contributed by atoms with Gasteiger partial charge in [-0.25, -0.2) is 23.7 Å². The van der Waals surface area contributed by atoms with Crippen LogP contribution in [0.5, 0.6) is 5.88 Å². The molecule has 4 rings (SSSR count). The molecular formula is C23H31F2N3O3. The number of methoxy groups -OCH3 is 1. The second-order valence-corrected chi connectivity index (χ2v) is 8.89. The van der Waals surface area contributed by atoms with Crippen molar-refractivity contribution in [1.29, 1.82) is 0 Å². The zero-order chi connectivity index (χ0) is 21.8. The molecule has 0 unspecified atom stereocenters. The smallest absolute Gasteiger partial charge is 0.248 e. The summed E-state index contributed by atoms with van der Waals surface area (Å²) in [6.07, 6.45) is 6.60. The molecule has 0 radical (unpaired) electrons. The SMILES string of the molecule is COC[C@H](C)Cc1ncc2c(OC3CCOCC3)ncc(C3CCC(F)(F)CC3)c2n1. The number of halogens is 2. The van der Waals surface area contributed by atoms with Gasteiger partial charge in [-0.2, -0.15) is 0 Å². The van der Waals surface area contributed by atoms with Crippen LogP contribution in [-0.4, -0.2) is 53.9 Å². The van der Waals surface area contributed by atoms with Gasteiger partial charge in [0.15, 0.2) is 0 Å². The number of nitrogens with zero attached hydrogens (tertiary/aromatic N) is 3. The predicted molar refractivity (Wildman–Crippen MR) is 113 cm³/mol. The number of hydrogen-bond acceptors (Lipinski definition) is 6. The lowest BCUT2D eigenvalue weighted by atomic mass is 9.82. The molecular weight excluding hydrogens is 404 g/mol. The van der Waals surface area contributed by atoms with E-state index < -0.39 is 5.92 Å². The number of alkyl halides is 2. The minimum absolute atomic E-state index is 0.0194. The zero-order valence-electron chi connectivity index (χ0n) is 18.3. The van der Waals surface area contributed by atoms with Crippen LogP contribution >= 0.6 is 0 Å². The van der Waals surface area contributed by atoms with Gasteiger partial charge in [-0.1, -0.05) is 6.92 Å². The Kier molecular flexibility index (Phi) is 6.96. The highest BCUT2D eigenvalue weighted by Gasteiger charge is 2.36. The van der Waals surface area contributed by atoms with Gasteiger partial charge in [0, 0.05) is 63.8 Å². The van der Waals surface area contributed by atoms with Gasteiger partial charge in [0.05, 0.1) is 24.1 Å². The molecule has 0 spiro atoms. The lowest BCUT2D eigenvalue weighted by Crippen LogP contribution is -2.26. The normalized spacial score (nSPS) is 21.3. The summed E-state index contributed by atoms with van der Waals surface area (Å²) < 4.78 is 44.3. The molecule has 3 heterocycles. The number of ether oxygens (including phenoxy) is 3. The van der Waals surface area contributed by atoms with Crippen LogP contribution in [0.2, 0.25) is 0 Å². The molecule has 1 saturated carbocycles. The molecule has 6 nitrogen and oxygen atoms in total. The van der Waals surface area contributed by atoms with Crippen molar-refractivity contribution in [1.82, 2.24) is 15.0 Å². The van der Waals surface area contributed by atoms with Crippen LogP contribution in [-0.2, 0) is 15.9 Å². The van der Waals surface area contributed by atoms with E-state index in [1.807, 2.05) is 0 Å². The molecule has 2 fully saturated rings. The van der Waals surface area contributed by atoms with Gasteiger partial charge in [0.1, 0.15) is 11.9 Å². The topological polar surface area (TPSA) is 66.4 Å². The van der Waals surface area contributed by atoms with Crippen molar-refractivity contribution in [2.24, 2.45) is 5.92 Å². The van der Waals surface area contributed by atoms with E-state index in [1.54, 1.807) is 19.5 Å². The van der Waals surface area contributed by atoms with E-state index in [2.05, 4.69) is 16.9 Å². The van der Waals surface area contributed by atoms with Crippen molar-refractivity contribution in [3.63, 3.8) is 0 Å². The molecule has 0 N–H and O–H groups in total. The van der Waals surface area contributed by atoms with Gasteiger partial charge >= 0.3 is 0 Å². The van der Waals surface area contributed by atoms with Gasteiger partial charge in [-0.3, -0.25) is 0 Å². The van der Waals surface area contributed by atoms with Crippen LogP contribution in [0.3, 0.4) is 0 Å². The highest BCUT2D eigenvalue weighted by atomic mass is 19.3. The van der Waals surface area contributed by atoms with Crippen LogP contribution in [0.4, 0.5) is 8.78 Å². The van der Waals surface area contributed by atoms with Gasteiger partial charge < -0.3 is 14.2 Å². The summed E-state index contributed by atoms with van der Waals surface area (Å²) in [5.74, 6) is -1.03. The molecule has 31 heavy (non-hydrogen) atoms. The zero-order valence-corrected chi connectivity index (χ0v) is 18.3. The first-order valence-electron chi connectivity index (χ1n) is 11.2. The van der Waals surface area contributed by atoms with Crippen LogP contribution in [0, 0.1) is 5.92 Å². The summed E-state index contributed by atoms with van der Waals surface area (Å²) in [5, 5.41) is 0.754. The lowest BCUT2D eigenvalue weighted by molar-refractivity contribution is -0.0381. The number of hydrogen-bond donors (Lipinski definition) is 0. The first-order chi connectivity index (χ1) is 14.9. The fourth-order valence-corrected chi connectivity index (χ4v) is 4.50. The van der Waals surface area contributed by atoms with E-state index >= 15 is 0 Å². The molecule has 170 valence electrons. The molecule has 2 aromatic rings. The van der Waals surface area contributed by atoms with Crippen LogP contribution in [0.15, 0.2) is 12.4 Å². The molecule has 1 atom stereocenters. The molecule has 8 heteroatoms. The number of rotatable bonds is 7. The maximum Gasteiger partial charge on any atom is 0.248 e. The standard InChI is InChI=1S/C23H31F2N3O3/c1-15(14-29-2)11-20-26-13-19-21(28-20)18(16-3-7-23(24,25)8-4-16)12-27-22(19)31-17-5-9-30-10-6-17/h12-13,15-17H,3-11,14H2,1-2H3/t15-/m1/s1. The summed E-state index contributed by atoms with van der Waals surface area (Å²) >= 11 is 0. The van der Waals surface area contributed by atoms with E-state index in [0.717, 1.165) is 35.1 Å². The summed E-state index contributed by atoms with van der Waals surface area (Å²) in [6, 6.07) is 0. The van der Waals surface area contributed by atoms with Crippen molar-refractivity contribution in [2.75, 3.05) is 26.9 Å². The molecule has 2 aromatic heterocycles. The highest BCUT2D eigenvalue weighted by Crippen LogP contribution is 2.43. The molecule has 0 aromatic carbocycles. The predicted octanol–water partition coefficient (Wildman–Crippen LogP) is 4.70. The Morgan fingerprint density at radius 1 is 1.13 bits per heavy atom. The van der Waals surface area contributed by atoms with E-state index in [0.29, 0.717) is 45.0 Å². The summed E-state index contributed by atoms with van der Waals surface area (Å²) in [4.78, 5) is 14.0. The third-order valence-electron chi connectivity index (χ3n) is 6.25. The second kappa shape index (κ2) is 9.69. The Labute approximate surface area is 181 Å². The fraction of sp³-hybridized carbons (Fsp3) is 0.696. The largest absolute Gasteiger partial charge is 0.474 e. The van der Waals surface area contributed by atoms with Crippen molar-refractivity contribution in [3.05, 3.63) is 23.8 Å². The van der Waals surface area contributed by atoms with E-state index in [9.17, 15) is 8.78 Å². The summed E-state index contributed by atoms with van der Waals surface area (Å²) in [7, 11) is 1.68. The number of aromatic nitrogens is 3. The maximum absolute atomic E-state index is 13.7. The Balaban J connectivity index is 1.67. The average Bonchev–Trinajstić information content (AvgIpc) is 2.75. The molecule has 2 aliphatic rings. The van der Waals surface area contributed by atoms with Gasteiger partial charge in [0.25, 0.3) is 0 Å². The molecule has 1 aliphatic heterocycles. The molecule has 0 amide bonds. The minimum atomic E-state index is -2.57. The van der Waals surface area contributed by atoms with Crippen molar-refractivity contribution in [3.8, 4) is 5.88 Å². The second-order valence-electron chi connectivity index (χ2n) is 8.89. The quantitative estimate of drug-likeness (QED) is 0.628. The minimum Gasteiger partial charge on any atom is -0.474 e. The van der Waals surface area contributed by atoms with E-state index in [-0.39, 0.29) is 30.8 Å². The average molecular weight is 436 g/mol. The van der Waals surface area contributed by atoms with Crippen LogP contribution < -0.4 is 4.74 Å². The van der Waals surface area contributed by atoms with Gasteiger partial charge in [-0.05, 0) is 24.7 Å². The van der Waals surface area contributed by atoms with Crippen LogP contribution in [0.1, 0.15) is 62.8 Å². The highest BCUT2D eigenvalue weighted by molar-refractivity contribution is 5.85. The van der Waals surface area contributed by atoms with Gasteiger partial charge in [-0.15, -0.1) is 0 Å². The van der Waals surface area contributed by atoms with Crippen molar-refractivity contribution < 1.29 is 23.0 Å². The monoisotopic (exact) mass is 435 g/mol. The third kappa shape index (κ3) is 5.47. The number of pyridine rings is 1. The summed E-state index contributed by atoms with van der Waals surface area (Å²) in [5.41, 5.74) is 1.70. The molecule has 0 bridgehead atoms. The number of fused-ring (bicyclic) bond motifs is 1. The van der Waals surface area contributed by atoms with Crippen molar-refractivity contribution >= 4 is 10.9 Å². The third-order valence-corrected chi connectivity index (χ3v) is 6.25. The molecule has 1 aliphatic carbocycles. The van der Waals surface area contributed by atoms with Crippen LogP contribution in [0.25, 0.3) is 10.9 Å². The first kappa shape index (κ1) is 22.3. The Hall–Kier alpha value is -1.93. The van der Waals surface area contributed by atoms with Gasteiger partial charge in [0.2, 0.25) is 11.8 Å². The van der Waals surface area contributed by atoms with E-state index in [4.69, 9.17) is 19.2 Å². The Morgan fingerprint density at radius 2 is 1.87 bits per heavy atom. The first-order valence-corrected chi connectivity index (χ1v) is 11.2. The Morgan fingerprint density at radius 3 is 2.58 bits per heavy atom.